The molecular formula is C14H24N2O2. The summed E-state index contributed by atoms with van der Waals surface area (Å²) in [6.07, 6.45) is 7.21. The van der Waals surface area contributed by atoms with Gasteiger partial charge in [0.1, 0.15) is 0 Å². The molecule has 1 saturated heterocycles. The molecular weight excluding hydrogens is 228 g/mol. The van der Waals surface area contributed by atoms with Crippen molar-refractivity contribution < 1.29 is 9.59 Å². The molecule has 4 nitrogen and oxygen atoms in total. The largest absolute Gasteiger partial charge is 0.324 e. The van der Waals surface area contributed by atoms with E-state index in [2.05, 4.69) is 12.2 Å². The third-order valence-electron chi connectivity index (χ3n) is 4.36. The summed E-state index contributed by atoms with van der Waals surface area (Å²) in [5.74, 6) is 0.644. The van der Waals surface area contributed by atoms with Gasteiger partial charge in [0.25, 0.3) is 0 Å². The molecule has 1 atom stereocenters. The van der Waals surface area contributed by atoms with Gasteiger partial charge in [0, 0.05) is 12.6 Å². The van der Waals surface area contributed by atoms with E-state index in [1.54, 1.807) is 0 Å². The van der Waals surface area contributed by atoms with Gasteiger partial charge >= 0.3 is 6.03 Å². The summed E-state index contributed by atoms with van der Waals surface area (Å²) in [5, 5.41) is 2.46. The normalized spacial score (nSPS) is 33.4. The summed E-state index contributed by atoms with van der Waals surface area (Å²) in [4.78, 5) is 25.1. The van der Waals surface area contributed by atoms with Crippen LogP contribution < -0.4 is 5.32 Å². The van der Waals surface area contributed by atoms with E-state index in [4.69, 9.17) is 0 Å². The molecule has 3 amide bonds. The van der Waals surface area contributed by atoms with Crippen molar-refractivity contribution in [3.05, 3.63) is 0 Å². The van der Waals surface area contributed by atoms with E-state index in [1.165, 1.54) is 25.7 Å². The lowest BCUT2D eigenvalue weighted by Crippen LogP contribution is -2.57. The molecule has 0 aromatic heterocycles. The lowest BCUT2D eigenvalue weighted by molar-refractivity contribution is -0.125. The molecule has 0 bridgehead atoms. The molecule has 18 heavy (non-hydrogen) atoms. The molecule has 1 aliphatic heterocycles. The van der Waals surface area contributed by atoms with Crippen LogP contribution in [0.15, 0.2) is 0 Å². The number of carbonyl (C=O) groups is 2. The van der Waals surface area contributed by atoms with Gasteiger partial charge in [-0.1, -0.05) is 26.7 Å². The van der Waals surface area contributed by atoms with Gasteiger partial charge in [0.15, 0.2) is 0 Å². The maximum absolute atomic E-state index is 11.9. The van der Waals surface area contributed by atoms with Crippen LogP contribution in [0.4, 0.5) is 4.79 Å². The quantitative estimate of drug-likeness (QED) is 0.839. The van der Waals surface area contributed by atoms with Crippen LogP contribution >= 0.6 is 0 Å². The smallest absolute Gasteiger partial charge is 0.321 e. The van der Waals surface area contributed by atoms with Crippen molar-refractivity contribution in [2.45, 2.75) is 58.4 Å². The van der Waals surface area contributed by atoms with Gasteiger partial charge in [0.05, 0.1) is 5.92 Å². The summed E-state index contributed by atoms with van der Waals surface area (Å²) in [6, 6.07) is 0.158. The standard InChI is InChI=1S/C14H24N2O2/c1-3-4-11-5-7-12(8-6-11)16-9-10(2)13(17)15-14(16)18/h10-12H,3-9H2,1-2H3,(H,15,17,18). The van der Waals surface area contributed by atoms with Crippen molar-refractivity contribution >= 4 is 11.9 Å². The van der Waals surface area contributed by atoms with Crippen LogP contribution in [0, 0.1) is 11.8 Å². The predicted molar refractivity (Wildman–Crippen MR) is 70.1 cm³/mol. The second-order valence-electron chi connectivity index (χ2n) is 5.81. The molecule has 102 valence electrons. The second kappa shape index (κ2) is 5.72. The molecule has 0 aromatic rings. The number of nitrogens with one attached hydrogen (secondary N) is 1. The topological polar surface area (TPSA) is 49.4 Å². The first kappa shape index (κ1) is 13.4. The summed E-state index contributed by atoms with van der Waals surface area (Å²) < 4.78 is 0. The zero-order chi connectivity index (χ0) is 13.1. The Bertz CT molecular complexity index is 322. The fraction of sp³-hybridized carbons (Fsp3) is 0.857. The highest BCUT2D eigenvalue weighted by atomic mass is 16.2. The summed E-state index contributed by atoms with van der Waals surface area (Å²) in [7, 11) is 0. The van der Waals surface area contributed by atoms with Gasteiger partial charge in [-0.3, -0.25) is 10.1 Å². The first-order valence-electron chi connectivity index (χ1n) is 7.23. The van der Waals surface area contributed by atoms with Crippen molar-refractivity contribution in [1.82, 2.24) is 10.2 Å². The molecule has 1 saturated carbocycles. The van der Waals surface area contributed by atoms with Gasteiger partial charge < -0.3 is 4.90 Å². The minimum Gasteiger partial charge on any atom is -0.321 e. The van der Waals surface area contributed by atoms with E-state index < -0.39 is 0 Å². The number of amides is 3. The van der Waals surface area contributed by atoms with E-state index in [9.17, 15) is 9.59 Å². The average molecular weight is 252 g/mol. The third-order valence-corrected chi connectivity index (χ3v) is 4.36. The van der Waals surface area contributed by atoms with Crippen molar-refractivity contribution in [1.29, 1.82) is 0 Å². The van der Waals surface area contributed by atoms with E-state index in [0.29, 0.717) is 12.6 Å². The first-order chi connectivity index (χ1) is 8.61. The van der Waals surface area contributed by atoms with Gasteiger partial charge in [-0.25, -0.2) is 4.79 Å². The fourth-order valence-corrected chi connectivity index (χ4v) is 3.23. The molecule has 0 radical (unpaired) electrons. The number of hydrogen-bond donors (Lipinski definition) is 1. The monoisotopic (exact) mass is 252 g/mol. The van der Waals surface area contributed by atoms with Crippen LogP contribution in [-0.4, -0.2) is 29.4 Å². The Hall–Kier alpha value is -1.06. The molecule has 4 heteroatoms. The van der Waals surface area contributed by atoms with E-state index >= 15 is 0 Å². The zero-order valence-electron chi connectivity index (χ0n) is 11.4. The van der Waals surface area contributed by atoms with Crippen molar-refractivity contribution in [2.75, 3.05) is 6.54 Å². The molecule has 1 unspecified atom stereocenters. The molecule has 2 rings (SSSR count). The predicted octanol–water partition coefficient (Wildman–Crippen LogP) is 2.53. The second-order valence-corrected chi connectivity index (χ2v) is 5.81. The maximum Gasteiger partial charge on any atom is 0.324 e. The number of hydrogen-bond acceptors (Lipinski definition) is 2. The molecule has 0 aromatic carbocycles. The minimum atomic E-state index is -0.183. The number of urea groups is 1. The number of imide groups is 1. The molecule has 2 aliphatic rings. The van der Waals surface area contributed by atoms with Gasteiger partial charge in [-0.15, -0.1) is 0 Å². The van der Waals surface area contributed by atoms with Crippen LogP contribution in [0.2, 0.25) is 0 Å². The number of nitrogens with zero attached hydrogens (tertiary/aromatic N) is 1. The highest BCUT2D eigenvalue weighted by Gasteiger charge is 2.35. The number of carbonyl (C=O) groups excluding carboxylic acids is 2. The highest BCUT2D eigenvalue weighted by Crippen LogP contribution is 2.31. The molecule has 1 N–H and O–H groups in total. The van der Waals surface area contributed by atoms with Crippen LogP contribution in [0.1, 0.15) is 52.4 Å². The molecule has 1 aliphatic carbocycles. The van der Waals surface area contributed by atoms with Crippen LogP contribution in [0.5, 0.6) is 0 Å². The Morgan fingerprint density at radius 2 is 1.89 bits per heavy atom. The minimum absolute atomic E-state index is 0.0731. The number of rotatable bonds is 3. The van der Waals surface area contributed by atoms with E-state index in [-0.39, 0.29) is 17.9 Å². The average Bonchev–Trinajstić information content (AvgIpc) is 2.35. The van der Waals surface area contributed by atoms with Crippen molar-refractivity contribution in [3.8, 4) is 0 Å². The van der Waals surface area contributed by atoms with Crippen LogP contribution in [0.3, 0.4) is 0 Å². The Balaban J connectivity index is 1.89. The van der Waals surface area contributed by atoms with E-state index in [1.807, 2.05) is 11.8 Å². The maximum atomic E-state index is 11.9. The fourth-order valence-electron chi connectivity index (χ4n) is 3.23. The zero-order valence-corrected chi connectivity index (χ0v) is 11.4. The van der Waals surface area contributed by atoms with Crippen LogP contribution in [-0.2, 0) is 4.79 Å². The van der Waals surface area contributed by atoms with Crippen LogP contribution in [0.25, 0.3) is 0 Å². The van der Waals surface area contributed by atoms with Gasteiger partial charge in [-0.2, -0.15) is 0 Å². The SMILES string of the molecule is CCCC1CCC(N2CC(C)C(=O)NC2=O)CC1. The first-order valence-corrected chi connectivity index (χ1v) is 7.23. The lowest BCUT2D eigenvalue weighted by atomic mass is 9.82. The molecule has 2 fully saturated rings. The molecule has 1 heterocycles. The summed E-state index contributed by atoms with van der Waals surface area (Å²) in [6.45, 7) is 4.71. The highest BCUT2D eigenvalue weighted by molar-refractivity contribution is 5.97. The Kier molecular flexibility index (Phi) is 4.25. The molecule has 0 spiro atoms. The summed E-state index contributed by atoms with van der Waals surface area (Å²) in [5.41, 5.74) is 0. The Labute approximate surface area is 109 Å². The van der Waals surface area contributed by atoms with Gasteiger partial charge in [0.2, 0.25) is 5.91 Å². The van der Waals surface area contributed by atoms with Crippen molar-refractivity contribution in [2.24, 2.45) is 11.8 Å². The Morgan fingerprint density at radius 1 is 1.22 bits per heavy atom. The Morgan fingerprint density at radius 3 is 2.50 bits per heavy atom. The van der Waals surface area contributed by atoms with Crippen molar-refractivity contribution in [3.63, 3.8) is 0 Å². The van der Waals surface area contributed by atoms with E-state index in [0.717, 1.165) is 18.8 Å². The lowest BCUT2D eigenvalue weighted by Gasteiger charge is -2.40. The van der Waals surface area contributed by atoms with Gasteiger partial charge in [-0.05, 0) is 31.6 Å². The summed E-state index contributed by atoms with van der Waals surface area (Å²) >= 11 is 0. The third kappa shape index (κ3) is 2.85.